The Bertz CT molecular complexity index is 528. The Labute approximate surface area is 101 Å². The van der Waals surface area contributed by atoms with E-state index in [0.717, 1.165) is 41.4 Å². The predicted molar refractivity (Wildman–Crippen MR) is 69.3 cm³/mol. The van der Waals surface area contributed by atoms with E-state index in [1.54, 1.807) is 0 Å². The maximum atomic E-state index is 5.82. The molecule has 1 aromatic heterocycles. The monoisotopic (exact) mass is 230 g/mol. The number of aromatic nitrogens is 3. The van der Waals surface area contributed by atoms with Crippen LogP contribution in [0.25, 0.3) is 5.69 Å². The SMILES string of the molecule is CCc1nc(CC)n(-c2ccc(N)c(C)c2)n1. The number of hydrogen-bond acceptors (Lipinski definition) is 3. The topological polar surface area (TPSA) is 56.7 Å². The molecule has 4 nitrogen and oxygen atoms in total. The minimum absolute atomic E-state index is 0.808. The van der Waals surface area contributed by atoms with Crippen molar-refractivity contribution in [2.24, 2.45) is 0 Å². The summed E-state index contributed by atoms with van der Waals surface area (Å²) >= 11 is 0. The summed E-state index contributed by atoms with van der Waals surface area (Å²) in [6.45, 7) is 6.15. The van der Waals surface area contributed by atoms with Gasteiger partial charge in [0.2, 0.25) is 0 Å². The zero-order valence-electron chi connectivity index (χ0n) is 10.6. The summed E-state index contributed by atoms with van der Waals surface area (Å²) in [6.07, 6.45) is 1.73. The van der Waals surface area contributed by atoms with Crippen LogP contribution < -0.4 is 5.73 Å². The fourth-order valence-electron chi connectivity index (χ4n) is 1.77. The first-order chi connectivity index (χ1) is 8.15. The zero-order valence-corrected chi connectivity index (χ0v) is 10.6. The van der Waals surface area contributed by atoms with Crippen LogP contribution in [0.5, 0.6) is 0 Å². The second kappa shape index (κ2) is 4.57. The Balaban J connectivity index is 2.51. The van der Waals surface area contributed by atoms with Crippen LogP contribution in [0.1, 0.15) is 31.1 Å². The standard InChI is InChI=1S/C13H18N4/c1-4-12-15-13(5-2)17(16-12)10-6-7-11(14)9(3)8-10/h6-8H,4-5,14H2,1-3H3. The summed E-state index contributed by atoms with van der Waals surface area (Å²) in [5.41, 5.74) is 8.73. The number of nitrogens with two attached hydrogens (primary N) is 1. The Morgan fingerprint density at radius 3 is 2.59 bits per heavy atom. The molecule has 0 saturated heterocycles. The summed E-state index contributed by atoms with van der Waals surface area (Å²) in [7, 11) is 0. The second-order valence-corrected chi connectivity index (χ2v) is 4.10. The van der Waals surface area contributed by atoms with Crippen molar-refractivity contribution >= 4 is 5.69 Å². The molecule has 0 spiro atoms. The maximum Gasteiger partial charge on any atom is 0.151 e. The van der Waals surface area contributed by atoms with E-state index in [1.165, 1.54) is 0 Å². The van der Waals surface area contributed by atoms with Crippen LogP contribution in [-0.4, -0.2) is 14.8 Å². The molecule has 2 aromatic rings. The molecule has 0 bridgehead atoms. The summed E-state index contributed by atoms with van der Waals surface area (Å²) < 4.78 is 1.91. The molecule has 0 aliphatic rings. The Morgan fingerprint density at radius 1 is 1.24 bits per heavy atom. The van der Waals surface area contributed by atoms with Crippen molar-refractivity contribution in [3.05, 3.63) is 35.4 Å². The minimum atomic E-state index is 0.808. The molecule has 0 unspecified atom stereocenters. The number of anilines is 1. The normalized spacial score (nSPS) is 10.8. The van der Waals surface area contributed by atoms with Crippen molar-refractivity contribution in [2.75, 3.05) is 5.73 Å². The average molecular weight is 230 g/mol. The molecule has 17 heavy (non-hydrogen) atoms. The van der Waals surface area contributed by atoms with Crippen LogP contribution in [0.3, 0.4) is 0 Å². The van der Waals surface area contributed by atoms with Gasteiger partial charge in [-0.15, -0.1) is 0 Å². The van der Waals surface area contributed by atoms with E-state index in [9.17, 15) is 0 Å². The van der Waals surface area contributed by atoms with E-state index in [4.69, 9.17) is 5.73 Å². The molecule has 0 amide bonds. The van der Waals surface area contributed by atoms with E-state index < -0.39 is 0 Å². The second-order valence-electron chi connectivity index (χ2n) is 4.10. The van der Waals surface area contributed by atoms with Crippen molar-refractivity contribution in [2.45, 2.75) is 33.6 Å². The van der Waals surface area contributed by atoms with E-state index in [-0.39, 0.29) is 0 Å². The van der Waals surface area contributed by atoms with Gasteiger partial charge in [-0.3, -0.25) is 0 Å². The number of nitrogens with zero attached hydrogens (tertiary/aromatic N) is 3. The van der Waals surface area contributed by atoms with Crippen LogP contribution in [0.2, 0.25) is 0 Å². The van der Waals surface area contributed by atoms with E-state index in [2.05, 4.69) is 23.9 Å². The van der Waals surface area contributed by atoms with Crippen LogP contribution in [0.4, 0.5) is 5.69 Å². The van der Waals surface area contributed by atoms with E-state index in [0.29, 0.717) is 0 Å². The molecular formula is C13H18N4. The summed E-state index contributed by atoms with van der Waals surface area (Å²) in [4.78, 5) is 4.50. The quantitative estimate of drug-likeness (QED) is 0.823. The fourth-order valence-corrected chi connectivity index (χ4v) is 1.77. The third-order valence-corrected chi connectivity index (χ3v) is 2.85. The van der Waals surface area contributed by atoms with Gasteiger partial charge in [0.15, 0.2) is 5.82 Å². The summed E-state index contributed by atoms with van der Waals surface area (Å²) in [5, 5.41) is 4.51. The van der Waals surface area contributed by atoms with Gasteiger partial charge < -0.3 is 5.73 Å². The van der Waals surface area contributed by atoms with Gasteiger partial charge in [-0.2, -0.15) is 5.10 Å². The van der Waals surface area contributed by atoms with Gasteiger partial charge in [-0.05, 0) is 30.7 Å². The molecule has 0 fully saturated rings. The number of benzene rings is 1. The molecule has 0 aliphatic carbocycles. The lowest BCUT2D eigenvalue weighted by Crippen LogP contribution is -2.03. The summed E-state index contributed by atoms with van der Waals surface area (Å²) in [6, 6.07) is 5.94. The molecule has 0 atom stereocenters. The lowest BCUT2D eigenvalue weighted by molar-refractivity contribution is 0.790. The van der Waals surface area contributed by atoms with Gasteiger partial charge in [0.25, 0.3) is 0 Å². The van der Waals surface area contributed by atoms with E-state index in [1.807, 2.05) is 29.8 Å². The van der Waals surface area contributed by atoms with Gasteiger partial charge in [-0.25, -0.2) is 9.67 Å². The third-order valence-electron chi connectivity index (χ3n) is 2.85. The highest BCUT2D eigenvalue weighted by Gasteiger charge is 2.09. The van der Waals surface area contributed by atoms with Crippen LogP contribution in [0.15, 0.2) is 18.2 Å². The lowest BCUT2D eigenvalue weighted by atomic mass is 10.2. The van der Waals surface area contributed by atoms with Gasteiger partial charge in [0.05, 0.1) is 5.69 Å². The minimum Gasteiger partial charge on any atom is -0.399 e. The average Bonchev–Trinajstić information content (AvgIpc) is 2.76. The molecule has 0 radical (unpaired) electrons. The smallest absolute Gasteiger partial charge is 0.151 e. The van der Waals surface area contributed by atoms with Gasteiger partial charge in [-0.1, -0.05) is 13.8 Å². The zero-order chi connectivity index (χ0) is 12.4. The largest absolute Gasteiger partial charge is 0.399 e. The molecule has 1 heterocycles. The first kappa shape index (κ1) is 11.6. The Morgan fingerprint density at radius 2 is 2.00 bits per heavy atom. The predicted octanol–water partition coefficient (Wildman–Crippen LogP) is 2.28. The van der Waals surface area contributed by atoms with Crippen molar-refractivity contribution in [3.63, 3.8) is 0 Å². The van der Waals surface area contributed by atoms with Gasteiger partial charge >= 0.3 is 0 Å². The summed E-state index contributed by atoms with van der Waals surface area (Å²) in [5.74, 6) is 1.88. The number of aryl methyl sites for hydroxylation is 3. The first-order valence-electron chi connectivity index (χ1n) is 5.97. The number of hydrogen-bond donors (Lipinski definition) is 1. The molecule has 2 rings (SSSR count). The Hall–Kier alpha value is -1.84. The lowest BCUT2D eigenvalue weighted by Gasteiger charge is -2.06. The van der Waals surface area contributed by atoms with Crippen molar-refractivity contribution in [3.8, 4) is 5.69 Å². The van der Waals surface area contributed by atoms with Crippen molar-refractivity contribution in [1.29, 1.82) is 0 Å². The van der Waals surface area contributed by atoms with Crippen LogP contribution in [0, 0.1) is 6.92 Å². The number of rotatable bonds is 3. The molecular weight excluding hydrogens is 212 g/mol. The molecule has 2 N–H and O–H groups in total. The highest BCUT2D eigenvalue weighted by atomic mass is 15.3. The van der Waals surface area contributed by atoms with Crippen LogP contribution in [-0.2, 0) is 12.8 Å². The van der Waals surface area contributed by atoms with E-state index >= 15 is 0 Å². The van der Waals surface area contributed by atoms with Gasteiger partial charge in [0.1, 0.15) is 5.82 Å². The molecule has 0 saturated carbocycles. The Kier molecular flexibility index (Phi) is 3.13. The maximum absolute atomic E-state index is 5.82. The van der Waals surface area contributed by atoms with Crippen LogP contribution >= 0.6 is 0 Å². The fraction of sp³-hybridized carbons (Fsp3) is 0.385. The highest BCUT2D eigenvalue weighted by Crippen LogP contribution is 2.17. The molecule has 4 heteroatoms. The third kappa shape index (κ3) is 2.16. The highest BCUT2D eigenvalue weighted by molar-refractivity contribution is 5.51. The molecule has 0 aliphatic heterocycles. The molecule has 90 valence electrons. The first-order valence-corrected chi connectivity index (χ1v) is 5.97. The van der Waals surface area contributed by atoms with Gasteiger partial charge in [0, 0.05) is 18.5 Å². The van der Waals surface area contributed by atoms with Crippen molar-refractivity contribution < 1.29 is 0 Å². The number of nitrogen functional groups attached to an aromatic ring is 1. The van der Waals surface area contributed by atoms with Crippen molar-refractivity contribution in [1.82, 2.24) is 14.8 Å². The molecule has 1 aromatic carbocycles.